The first-order valence-corrected chi connectivity index (χ1v) is 12.6. The van der Waals surface area contributed by atoms with E-state index in [4.69, 9.17) is 9.72 Å². The summed E-state index contributed by atoms with van der Waals surface area (Å²) < 4.78 is 5.54. The highest BCUT2D eigenvalue weighted by molar-refractivity contribution is 5.85. The smallest absolute Gasteiger partial charge is 0.0783 e. The summed E-state index contributed by atoms with van der Waals surface area (Å²) in [6.45, 7) is 18.3. The minimum Gasteiger partial charge on any atom is -0.379 e. The Hall–Kier alpha value is -2.21. The van der Waals surface area contributed by atoms with E-state index in [1.54, 1.807) is 5.57 Å². The number of benzene rings is 1. The summed E-state index contributed by atoms with van der Waals surface area (Å²) in [6, 6.07) is 12.1. The van der Waals surface area contributed by atoms with Gasteiger partial charge in [0.1, 0.15) is 0 Å². The molecule has 3 heterocycles. The summed E-state index contributed by atoms with van der Waals surface area (Å²) in [5, 5.41) is 0. The second-order valence-electron chi connectivity index (χ2n) is 10.1. The highest BCUT2D eigenvalue weighted by Gasteiger charge is 2.26. The van der Waals surface area contributed by atoms with Crippen molar-refractivity contribution in [2.24, 2.45) is 0 Å². The minimum absolute atomic E-state index is 0.633. The third kappa shape index (κ3) is 4.72. The topological polar surface area (TPSA) is 31.8 Å². The number of anilines is 1. The Kier molecular flexibility index (Phi) is 6.55. The maximum Gasteiger partial charge on any atom is 0.0783 e. The molecule has 5 rings (SSSR count). The third-order valence-electron chi connectivity index (χ3n) is 7.61. The summed E-state index contributed by atoms with van der Waals surface area (Å²) in [5.74, 6) is 0. The number of hydrogen-bond donors (Lipinski definition) is 0. The van der Waals surface area contributed by atoms with Crippen molar-refractivity contribution in [2.75, 3.05) is 63.9 Å². The van der Waals surface area contributed by atoms with E-state index in [0.717, 1.165) is 76.8 Å². The zero-order chi connectivity index (χ0) is 22.9. The molecule has 1 aliphatic carbocycles. The van der Waals surface area contributed by atoms with Crippen LogP contribution in [-0.2, 0) is 11.2 Å². The van der Waals surface area contributed by atoms with Crippen molar-refractivity contribution in [1.82, 2.24) is 14.8 Å². The van der Waals surface area contributed by atoms with Crippen molar-refractivity contribution >= 4 is 11.3 Å². The largest absolute Gasteiger partial charge is 0.379 e. The molecule has 2 aromatic rings. The fraction of sp³-hybridized carbons (Fsp3) is 0.536. The molecular formula is C28H38N4O. The van der Waals surface area contributed by atoms with Gasteiger partial charge in [-0.15, -0.1) is 0 Å². The van der Waals surface area contributed by atoms with Gasteiger partial charge in [0.15, 0.2) is 0 Å². The average Bonchev–Trinajstić information content (AvgIpc) is 3.14. The lowest BCUT2D eigenvalue weighted by Gasteiger charge is -2.38. The molecule has 0 unspecified atom stereocenters. The number of allylic oxidation sites excluding steroid dienone is 1. The van der Waals surface area contributed by atoms with Gasteiger partial charge < -0.3 is 9.64 Å². The van der Waals surface area contributed by atoms with Crippen LogP contribution >= 0.6 is 0 Å². The van der Waals surface area contributed by atoms with Gasteiger partial charge in [0.2, 0.25) is 0 Å². The summed E-state index contributed by atoms with van der Waals surface area (Å²) in [4.78, 5) is 12.6. The van der Waals surface area contributed by atoms with Crippen molar-refractivity contribution in [3.8, 4) is 11.3 Å². The molecule has 176 valence electrons. The number of aromatic nitrogens is 1. The normalized spacial score (nSPS) is 20.1. The van der Waals surface area contributed by atoms with Crippen molar-refractivity contribution in [3.05, 3.63) is 52.7 Å². The molecule has 33 heavy (non-hydrogen) atoms. The van der Waals surface area contributed by atoms with Gasteiger partial charge in [-0.1, -0.05) is 12.1 Å². The van der Waals surface area contributed by atoms with Crippen LogP contribution in [0.2, 0.25) is 0 Å². The van der Waals surface area contributed by atoms with Crippen molar-refractivity contribution in [1.29, 1.82) is 0 Å². The van der Waals surface area contributed by atoms with Gasteiger partial charge >= 0.3 is 0 Å². The lowest BCUT2D eigenvalue weighted by Crippen LogP contribution is -2.48. The van der Waals surface area contributed by atoms with E-state index in [1.807, 2.05) is 0 Å². The molecular weight excluding hydrogens is 408 g/mol. The Balaban J connectivity index is 1.37. The summed E-state index contributed by atoms with van der Waals surface area (Å²) >= 11 is 0. The summed E-state index contributed by atoms with van der Waals surface area (Å²) in [5.41, 5.74) is 10.6. The van der Waals surface area contributed by atoms with Gasteiger partial charge in [-0.05, 0) is 69.0 Å². The maximum atomic E-state index is 5.54. The van der Waals surface area contributed by atoms with Gasteiger partial charge in [-0.3, -0.25) is 14.8 Å². The van der Waals surface area contributed by atoms with Gasteiger partial charge in [0.25, 0.3) is 0 Å². The first-order chi connectivity index (χ1) is 16.0. The van der Waals surface area contributed by atoms with E-state index in [0.29, 0.717) is 6.04 Å². The van der Waals surface area contributed by atoms with Crippen LogP contribution < -0.4 is 4.90 Å². The molecule has 0 saturated carbocycles. The molecule has 0 radical (unpaired) electrons. The molecule has 5 nitrogen and oxygen atoms in total. The number of aryl methyl sites for hydroxylation is 1. The molecule has 1 aromatic heterocycles. The number of nitrogens with zero attached hydrogens (tertiary/aromatic N) is 4. The third-order valence-corrected chi connectivity index (χ3v) is 7.61. The molecule has 3 aliphatic rings. The van der Waals surface area contributed by atoms with Crippen LogP contribution in [0.5, 0.6) is 0 Å². The molecule has 0 bridgehead atoms. The van der Waals surface area contributed by atoms with Gasteiger partial charge in [-0.25, -0.2) is 0 Å². The number of piperazine rings is 1. The molecule has 1 aromatic carbocycles. The average molecular weight is 447 g/mol. The lowest BCUT2D eigenvalue weighted by molar-refractivity contribution is 0.0422. The minimum atomic E-state index is 0.633. The second-order valence-corrected chi connectivity index (χ2v) is 10.1. The Morgan fingerprint density at radius 1 is 0.939 bits per heavy atom. The van der Waals surface area contributed by atoms with Crippen molar-refractivity contribution < 1.29 is 4.74 Å². The van der Waals surface area contributed by atoms with Crippen LogP contribution in [0.15, 0.2) is 35.9 Å². The lowest BCUT2D eigenvalue weighted by atomic mass is 9.98. The van der Waals surface area contributed by atoms with Gasteiger partial charge in [0.05, 0.1) is 18.9 Å². The van der Waals surface area contributed by atoms with Crippen LogP contribution in [0.1, 0.15) is 37.6 Å². The van der Waals surface area contributed by atoms with Crippen LogP contribution in [0, 0.1) is 6.92 Å². The SMILES string of the molecule is CC1=C(CN2CCOCC2)Cc2cc(C)nc(-c3ccc(N4CCN(C(C)C)CC4)cc3)c21. The van der Waals surface area contributed by atoms with E-state index in [1.165, 1.54) is 28.0 Å². The summed E-state index contributed by atoms with van der Waals surface area (Å²) in [6.07, 6.45) is 1.05. The zero-order valence-electron chi connectivity index (χ0n) is 20.7. The molecule has 0 spiro atoms. The number of rotatable bonds is 5. The Labute approximate surface area is 199 Å². The number of hydrogen-bond acceptors (Lipinski definition) is 5. The molecule has 0 atom stereocenters. The molecule has 0 N–H and O–H groups in total. The Bertz CT molecular complexity index is 1010. The number of ether oxygens (including phenoxy) is 1. The van der Waals surface area contributed by atoms with Crippen molar-refractivity contribution in [2.45, 2.75) is 40.2 Å². The van der Waals surface area contributed by atoms with Crippen LogP contribution in [-0.4, -0.2) is 79.9 Å². The van der Waals surface area contributed by atoms with Crippen LogP contribution in [0.4, 0.5) is 5.69 Å². The quantitative estimate of drug-likeness (QED) is 0.686. The number of pyridine rings is 1. The second kappa shape index (κ2) is 9.57. The predicted molar refractivity (Wildman–Crippen MR) is 137 cm³/mol. The fourth-order valence-electron chi connectivity index (χ4n) is 5.58. The predicted octanol–water partition coefficient (Wildman–Crippen LogP) is 4.25. The monoisotopic (exact) mass is 446 g/mol. The van der Waals surface area contributed by atoms with Crippen LogP contribution in [0.25, 0.3) is 16.8 Å². The van der Waals surface area contributed by atoms with E-state index in [9.17, 15) is 0 Å². The Morgan fingerprint density at radius 3 is 2.30 bits per heavy atom. The fourth-order valence-corrected chi connectivity index (χ4v) is 5.58. The maximum absolute atomic E-state index is 5.54. The molecule has 5 heteroatoms. The van der Waals surface area contributed by atoms with E-state index >= 15 is 0 Å². The highest BCUT2D eigenvalue weighted by atomic mass is 16.5. The molecule has 2 aliphatic heterocycles. The Morgan fingerprint density at radius 2 is 1.64 bits per heavy atom. The highest BCUT2D eigenvalue weighted by Crippen LogP contribution is 2.39. The summed E-state index contributed by atoms with van der Waals surface area (Å²) in [7, 11) is 0. The first kappa shape index (κ1) is 22.6. The van der Waals surface area contributed by atoms with E-state index in [2.05, 4.69) is 72.7 Å². The number of fused-ring (bicyclic) bond motifs is 1. The van der Waals surface area contributed by atoms with Crippen LogP contribution in [0.3, 0.4) is 0 Å². The van der Waals surface area contributed by atoms with Crippen molar-refractivity contribution in [3.63, 3.8) is 0 Å². The molecule has 2 fully saturated rings. The zero-order valence-corrected chi connectivity index (χ0v) is 20.7. The van der Waals surface area contributed by atoms with E-state index < -0.39 is 0 Å². The molecule has 0 amide bonds. The van der Waals surface area contributed by atoms with Gasteiger partial charge in [0, 0.05) is 74.4 Å². The van der Waals surface area contributed by atoms with Gasteiger partial charge in [-0.2, -0.15) is 0 Å². The first-order valence-electron chi connectivity index (χ1n) is 12.6. The number of morpholine rings is 1. The standard InChI is InChI=1S/C28H38N4O/c1-20(2)31-9-11-32(12-10-31)26-7-5-23(6-8-26)28-27-22(4)25(18-24(27)17-21(3)29-28)19-30-13-15-33-16-14-30/h5-8,17,20H,9-16,18-19H2,1-4H3. The van der Waals surface area contributed by atoms with E-state index in [-0.39, 0.29) is 0 Å². The molecule has 2 saturated heterocycles.